The Morgan fingerprint density at radius 3 is 2.58 bits per heavy atom. The molecule has 0 unspecified atom stereocenters. The van der Waals surface area contributed by atoms with E-state index in [2.05, 4.69) is 5.32 Å². The van der Waals surface area contributed by atoms with Gasteiger partial charge in [0.05, 0.1) is 4.88 Å². The molecule has 100 valence electrons. The highest BCUT2D eigenvalue weighted by Crippen LogP contribution is 2.19. The zero-order valence-corrected chi connectivity index (χ0v) is 11.5. The lowest BCUT2D eigenvalue weighted by molar-refractivity contribution is 0.103. The smallest absolute Gasteiger partial charge is 0.265 e. The van der Waals surface area contributed by atoms with Crippen LogP contribution in [0.4, 0.5) is 5.69 Å². The number of benzene rings is 1. The molecular weight excluding hydrogens is 260 g/mol. The van der Waals surface area contributed by atoms with Crippen LogP contribution in [0.5, 0.6) is 5.75 Å². The molecule has 0 aliphatic carbocycles. The maximum absolute atomic E-state index is 11.9. The zero-order chi connectivity index (χ0) is 13.7. The van der Waals surface area contributed by atoms with Crippen LogP contribution in [0.3, 0.4) is 0 Å². The van der Waals surface area contributed by atoms with Crippen LogP contribution in [0.1, 0.15) is 14.5 Å². The van der Waals surface area contributed by atoms with Crippen molar-refractivity contribution in [2.45, 2.75) is 6.92 Å². The highest BCUT2D eigenvalue weighted by atomic mass is 32.1. The molecule has 0 aliphatic rings. The first-order valence-electron chi connectivity index (χ1n) is 6.00. The lowest BCUT2D eigenvalue weighted by Crippen LogP contribution is -2.11. The molecule has 1 aromatic carbocycles. The predicted octanol–water partition coefficient (Wildman–Crippen LogP) is 2.65. The maximum atomic E-state index is 11.9. The van der Waals surface area contributed by atoms with Crippen LogP contribution >= 0.6 is 11.3 Å². The number of aryl methyl sites for hydroxylation is 1. The Hall–Kier alpha value is -1.85. The van der Waals surface area contributed by atoms with Gasteiger partial charge in [-0.15, -0.1) is 11.3 Å². The molecule has 0 aliphatic heterocycles. The number of thiophene rings is 1. The van der Waals surface area contributed by atoms with Gasteiger partial charge < -0.3 is 15.8 Å². The molecule has 1 heterocycles. The maximum Gasteiger partial charge on any atom is 0.265 e. The standard InChI is InChI=1S/C14H16N2O2S/c1-10-2-7-13(19-10)14(17)16-11-3-5-12(6-4-11)18-9-8-15/h2-7H,8-9,15H2,1H3,(H,16,17). The summed E-state index contributed by atoms with van der Waals surface area (Å²) in [6, 6.07) is 11.0. The van der Waals surface area contributed by atoms with Crippen LogP contribution in [0.15, 0.2) is 36.4 Å². The summed E-state index contributed by atoms with van der Waals surface area (Å²) < 4.78 is 5.37. The van der Waals surface area contributed by atoms with E-state index in [0.29, 0.717) is 18.0 Å². The van der Waals surface area contributed by atoms with Crippen LogP contribution in [0.2, 0.25) is 0 Å². The van der Waals surface area contributed by atoms with Crippen molar-refractivity contribution in [3.63, 3.8) is 0 Å². The first-order chi connectivity index (χ1) is 9.19. The monoisotopic (exact) mass is 276 g/mol. The molecule has 2 rings (SSSR count). The van der Waals surface area contributed by atoms with Gasteiger partial charge in [-0.25, -0.2) is 0 Å². The number of anilines is 1. The second-order valence-corrected chi connectivity index (χ2v) is 5.31. The largest absolute Gasteiger partial charge is 0.492 e. The minimum Gasteiger partial charge on any atom is -0.492 e. The highest BCUT2D eigenvalue weighted by molar-refractivity contribution is 7.14. The third-order valence-electron chi connectivity index (χ3n) is 2.46. The minimum atomic E-state index is -0.0891. The van der Waals surface area contributed by atoms with Crippen LogP contribution in [-0.4, -0.2) is 19.1 Å². The lowest BCUT2D eigenvalue weighted by atomic mass is 10.3. The molecule has 0 bridgehead atoms. The van der Waals surface area contributed by atoms with Gasteiger partial charge in [-0.2, -0.15) is 0 Å². The van der Waals surface area contributed by atoms with Gasteiger partial charge in [0.25, 0.3) is 5.91 Å². The van der Waals surface area contributed by atoms with Crippen molar-refractivity contribution in [2.24, 2.45) is 5.73 Å². The van der Waals surface area contributed by atoms with E-state index in [1.54, 1.807) is 0 Å². The first-order valence-corrected chi connectivity index (χ1v) is 6.81. The van der Waals surface area contributed by atoms with Crippen LogP contribution in [0.25, 0.3) is 0 Å². The molecule has 5 heteroatoms. The predicted molar refractivity (Wildman–Crippen MR) is 78.0 cm³/mol. The second-order valence-electron chi connectivity index (χ2n) is 4.03. The SMILES string of the molecule is Cc1ccc(C(=O)Nc2ccc(OCCN)cc2)s1. The van der Waals surface area contributed by atoms with Gasteiger partial charge in [0, 0.05) is 17.1 Å². The molecule has 0 spiro atoms. The average molecular weight is 276 g/mol. The summed E-state index contributed by atoms with van der Waals surface area (Å²) in [7, 11) is 0. The molecule has 0 saturated heterocycles. The van der Waals surface area contributed by atoms with E-state index in [1.165, 1.54) is 11.3 Å². The number of nitrogens with two attached hydrogens (primary N) is 1. The van der Waals surface area contributed by atoms with E-state index in [0.717, 1.165) is 16.3 Å². The number of ether oxygens (including phenoxy) is 1. The molecule has 0 atom stereocenters. The summed E-state index contributed by atoms with van der Waals surface area (Å²) in [6.07, 6.45) is 0. The van der Waals surface area contributed by atoms with Crippen molar-refractivity contribution >= 4 is 22.9 Å². The first kappa shape index (κ1) is 13.6. The molecular formula is C14H16N2O2S. The molecule has 1 aromatic heterocycles. The molecule has 0 fully saturated rings. The average Bonchev–Trinajstić information content (AvgIpc) is 2.85. The quantitative estimate of drug-likeness (QED) is 0.882. The Morgan fingerprint density at radius 1 is 1.26 bits per heavy atom. The molecule has 2 aromatic rings. The summed E-state index contributed by atoms with van der Waals surface area (Å²) in [4.78, 5) is 13.8. The number of hydrogen-bond donors (Lipinski definition) is 2. The normalized spacial score (nSPS) is 10.2. The molecule has 19 heavy (non-hydrogen) atoms. The molecule has 4 nitrogen and oxygen atoms in total. The number of amides is 1. The fourth-order valence-electron chi connectivity index (χ4n) is 1.56. The molecule has 1 amide bonds. The van der Waals surface area contributed by atoms with Gasteiger partial charge in [0.2, 0.25) is 0 Å². The highest BCUT2D eigenvalue weighted by Gasteiger charge is 2.08. The molecule has 3 N–H and O–H groups in total. The summed E-state index contributed by atoms with van der Waals surface area (Å²) in [6.45, 7) is 2.95. The topological polar surface area (TPSA) is 64.3 Å². The van der Waals surface area contributed by atoms with E-state index in [9.17, 15) is 4.79 Å². The Bertz CT molecular complexity index is 549. The van der Waals surface area contributed by atoms with Crippen molar-refractivity contribution in [3.8, 4) is 5.75 Å². The molecule has 0 saturated carbocycles. The van der Waals surface area contributed by atoms with Crippen molar-refractivity contribution in [1.82, 2.24) is 0 Å². The Balaban J connectivity index is 1.97. The fraction of sp³-hybridized carbons (Fsp3) is 0.214. The number of carbonyl (C=O) groups is 1. The fourth-order valence-corrected chi connectivity index (χ4v) is 2.32. The van der Waals surface area contributed by atoms with Gasteiger partial charge in [-0.1, -0.05) is 0 Å². The van der Waals surface area contributed by atoms with Crippen LogP contribution in [0, 0.1) is 6.92 Å². The number of carbonyl (C=O) groups excluding carboxylic acids is 1. The van der Waals surface area contributed by atoms with Crippen molar-refractivity contribution < 1.29 is 9.53 Å². The minimum absolute atomic E-state index is 0.0891. The number of hydrogen-bond acceptors (Lipinski definition) is 4. The van der Waals surface area contributed by atoms with Gasteiger partial charge in [-0.3, -0.25) is 4.79 Å². The van der Waals surface area contributed by atoms with Gasteiger partial charge in [-0.05, 0) is 43.3 Å². The third-order valence-corrected chi connectivity index (χ3v) is 3.46. The van der Waals surface area contributed by atoms with E-state index in [1.807, 2.05) is 43.3 Å². The van der Waals surface area contributed by atoms with Crippen molar-refractivity contribution in [3.05, 3.63) is 46.2 Å². The Kier molecular flexibility index (Phi) is 4.54. The van der Waals surface area contributed by atoms with Crippen LogP contribution < -0.4 is 15.8 Å². The van der Waals surface area contributed by atoms with E-state index in [4.69, 9.17) is 10.5 Å². The van der Waals surface area contributed by atoms with Gasteiger partial charge in [0.15, 0.2) is 0 Å². The van der Waals surface area contributed by atoms with E-state index < -0.39 is 0 Å². The van der Waals surface area contributed by atoms with E-state index in [-0.39, 0.29) is 5.91 Å². The second kappa shape index (κ2) is 6.36. The van der Waals surface area contributed by atoms with E-state index >= 15 is 0 Å². The van der Waals surface area contributed by atoms with Crippen molar-refractivity contribution in [1.29, 1.82) is 0 Å². The summed E-state index contributed by atoms with van der Waals surface area (Å²) in [5, 5.41) is 2.85. The third kappa shape index (κ3) is 3.81. The summed E-state index contributed by atoms with van der Waals surface area (Å²) >= 11 is 1.48. The zero-order valence-electron chi connectivity index (χ0n) is 10.7. The summed E-state index contributed by atoms with van der Waals surface area (Å²) in [5.41, 5.74) is 6.10. The van der Waals surface area contributed by atoms with Crippen LogP contribution in [-0.2, 0) is 0 Å². The van der Waals surface area contributed by atoms with Crippen molar-refractivity contribution in [2.75, 3.05) is 18.5 Å². The lowest BCUT2D eigenvalue weighted by Gasteiger charge is -2.06. The Morgan fingerprint density at radius 2 is 2.00 bits per heavy atom. The Labute approximate surface area is 116 Å². The summed E-state index contributed by atoms with van der Waals surface area (Å²) in [5.74, 6) is 0.657. The van der Waals surface area contributed by atoms with Gasteiger partial charge >= 0.3 is 0 Å². The number of rotatable bonds is 5. The number of nitrogens with one attached hydrogen (secondary N) is 1. The van der Waals surface area contributed by atoms with Gasteiger partial charge in [0.1, 0.15) is 12.4 Å². The molecule has 0 radical (unpaired) electrons.